The highest BCUT2D eigenvalue weighted by molar-refractivity contribution is 6.13. The van der Waals surface area contributed by atoms with E-state index in [1.54, 1.807) is 79.4 Å². The molecule has 19 rings (SSSR count). The standard InChI is InChI=1S/C36H42N4O7.C33H38N4O7.C24H25N3O5/c1-4-23-24-17-22(46-35(44)40-15-11-21(12-16-40)39-13-7-6-8-14-39)9-10-30(24)38-31-25(23)18-27-26(31)19-29-28(32(27)41)20-45-33(42)36(29,5-2)47-34(43)37-3;1-3-33(41)26-16-28-29-23(17-37(28)30(38)25(26)19-43-31(33)39)24(18-42-2)22-15-21(7-8-27(22)34-29)44-32(40)36-13-9-20(10-14-36)35-11-5-4-6-12-35;1-5-24(30)17-9-19-21-13(10-27(19)22(28)16(17)12-32-23(24)29)8-14-15(11-26(2)3)20(31-4)7-6-18(14)25-21/h9-10,17,19,21,27H,4-8,11-16,18,20H2,1-3H3,(H,37,43);7-8,15-16,20,41H,3-6,9-14,17-19H2,1-2H3;6-9,30H,5,10-12H2,1-4H3/t27?,36-;33-;24-/m000/s1. The molecule has 1 unspecified atom stereocenters. The van der Waals surface area contributed by atoms with E-state index in [-0.39, 0.29) is 92.4 Å². The minimum absolute atomic E-state index is 0.0760. The summed E-state index contributed by atoms with van der Waals surface area (Å²) in [7, 11) is 8.66. The van der Waals surface area contributed by atoms with Crippen molar-refractivity contribution in [2.24, 2.45) is 5.92 Å². The summed E-state index contributed by atoms with van der Waals surface area (Å²) in [4.78, 5) is 143. The number of pyridine rings is 5. The number of piperidine rings is 4. The van der Waals surface area contributed by atoms with Crippen LogP contribution < -0.4 is 30.6 Å². The number of carbonyl (C=O) groups is 7. The van der Waals surface area contributed by atoms with Crippen LogP contribution in [0.2, 0.25) is 0 Å². The smallest absolute Gasteiger partial charge is 0.415 e. The van der Waals surface area contributed by atoms with E-state index in [0.717, 1.165) is 124 Å². The summed E-state index contributed by atoms with van der Waals surface area (Å²) < 4.78 is 47.6. The first-order valence-electron chi connectivity index (χ1n) is 43.3. The third kappa shape index (κ3) is 14.8. The van der Waals surface area contributed by atoms with Crippen molar-refractivity contribution in [3.8, 4) is 40.0 Å². The number of esters is 3. The van der Waals surface area contributed by atoms with Gasteiger partial charge in [0.05, 0.1) is 88.9 Å². The number of rotatable bonds is 14. The molecule has 0 radical (unpaired) electrons. The largest absolute Gasteiger partial charge is 0.496 e. The van der Waals surface area contributed by atoms with Crippen molar-refractivity contribution in [2.75, 3.05) is 94.3 Å². The first-order chi connectivity index (χ1) is 59.4. The second kappa shape index (κ2) is 33.8. The molecule has 646 valence electrons. The van der Waals surface area contributed by atoms with Crippen LogP contribution in [0.25, 0.3) is 61.1 Å². The summed E-state index contributed by atoms with van der Waals surface area (Å²) in [5.74, 6) is -1.11. The molecule has 123 heavy (non-hydrogen) atoms. The van der Waals surface area contributed by atoms with Crippen molar-refractivity contribution in [2.45, 2.75) is 192 Å². The Balaban J connectivity index is 0.000000133. The monoisotopic (exact) mass is 1680 g/mol. The quantitative estimate of drug-likeness (QED) is 0.0672. The summed E-state index contributed by atoms with van der Waals surface area (Å²) in [6.45, 7) is 15.6. The van der Waals surface area contributed by atoms with Crippen molar-refractivity contribution in [3.63, 3.8) is 0 Å². The average molecular weight is 1680 g/mol. The molecule has 0 bridgehead atoms. The van der Waals surface area contributed by atoms with E-state index in [1.807, 2.05) is 55.4 Å². The minimum atomic E-state index is -1.89. The molecule has 30 nitrogen and oxygen atoms in total. The van der Waals surface area contributed by atoms with Gasteiger partial charge in [0, 0.05) is 114 Å². The lowest BCUT2D eigenvalue weighted by atomic mass is 9.75. The second-order valence-corrected chi connectivity index (χ2v) is 34.1. The first-order valence-corrected chi connectivity index (χ1v) is 43.3. The SMILES string of the molecule is CC[C@@]1(O)C(=O)OCc2c1cc1n(c2=O)Cc2c-1nc1ccc(OC(=O)N3CCC(N4CCCCC4)CC3)cc1c2COC.CC[C@@]1(O)C(=O)OCc2c1cc1n(c2=O)Cc2cc3c(CN(C)C)c(OC)ccc3nc2-1.CCc1c2c(nc3ccc(OC(=O)N4CCC(N5CCCCC5)CC4)cc13)C1=CC3=C(COC(=O)[C@@]3(CC)OC(=O)NC)C(=O)C1C2. The highest BCUT2D eigenvalue weighted by Gasteiger charge is 2.55. The predicted molar refractivity (Wildman–Crippen MR) is 454 cm³/mol. The summed E-state index contributed by atoms with van der Waals surface area (Å²) in [6, 6.07) is 21.2. The third-order valence-electron chi connectivity index (χ3n) is 27.1. The Morgan fingerprint density at radius 1 is 0.561 bits per heavy atom. The number of ether oxygens (including phenoxy) is 8. The van der Waals surface area contributed by atoms with Gasteiger partial charge in [0.1, 0.15) is 37.1 Å². The van der Waals surface area contributed by atoms with Crippen molar-refractivity contribution >= 4 is 80.3 Å². The van der Waals surface area contributed by atoms with Gasteiger partial charge in [0.2, 0.25) is 5.60 Å². The van der Waals surface area contributed by atoms with Crippen LogP contribution in [-0.4, -0.2) is 213 Å². The van der Waals surface area contributed by atoms with E-state index < -0.39 is 46.7 Å². The Morgan fingerprint density at radius 2 is 1.07 bits per heavy atom. The Hall–Kier alpha value is -11.3. The highest BCUT2D eigenvalue weighted by Crippen LogP contribution is 2.51. The molecule has 2 aliphatic carbocycles. The number of alkyl carbamates (subject to hydrolysis) is 1. The number of hydrogen-bond acceptors (Lipinski definition) is 25. The number of allylic oxidation sites excluding steroid dienone is 1. The number of likely N-dealkylation sites (tertiary alicyclic amines) is 4. The lowest BCUT2D eigenvalue weighted by molar-refractivity contribution is -0.172. The fourth-order valence-electron chi connectivity index (χ4n) is 20.3. The molecule has 3 aromatic carbocycles. The van der Waals surface area contributed by atoms with Crippen LogP contribution in [-0.2, 0) is 106 Å². The maximum Gasteiger partial charge on any atom is 0.415 e. The predicted octanol–water partition coefficient (Wildman–Crippen LogP) is 10.6. The number of nitrogens with one attached hydrogen (secondary N) is 1. The molecule has 11 aliphatic rings. The van der Waals surface area contributed by atoms with Crippen molar-refractivity contribution in [3.05, 3.63) is 166 Å². The van der Waals surface area contributed by atoms with Gasteiger partial charge in [-0.1, -0.05) is 40.5 Å². The molecule has 0 saturated carbocycles. The van der Waals surface area contributed by atoms with Gasteiger partial charge in [-0.3, -0.25) is 14.4 Å². The number of amides is 3. The molecule has 4 fully saturated rings. The Morgan fingerprint density at radius 3 is 1.58 bits per heavy atom. The highest BCUT2D eigenvalue weighted by atomic mass is 16.6. The zero-order valence-corrected chi connectivity index (χ0v) is 71.2. The zero-order valence-electron chi connectivity index (χ0n) is 71.2. The third-order valence-corrected chi connectivity index (χ3v) is 27.1. The molecule has 4 atom stereocenters. The number of ketones is 1. The topological polar surface area (TPSA) is 345 Å². The maximum atomic E-state index is 14.0. The van der Waals surface area contributed by atoms with E-state index in [1.165, 1.54) is 45.6 Å². The summed E-state index contributed by atoms with van der Waals surface area (Å²) in [5, 5.41) is 27.2. The molecule has 3 amide bonds. The Labute approximate surface area is 711 Å². The fraction of sp³-hybridized carbons (Fsp3) is 0.484. The number of aryl methyl sites for hydroxylation is 1. The van der Waals surface area contributed by atoms with E-state index >= 15 is 0 Å². The molecule has 0 spiro atoms. The van der Waals surface area contributed by atoms with Gasteiger partial charge >= 0.3 is 36.2 Å². The van der Waals surface area contributed by atoms with Crippen LogP contribution in [0.4, 0.5) is 14.4 Å². The van der Waals surface area contributed by atoms with Crippen LogP contribution in [0, 0.1) is 5.92 Å². The van der Waals surface area contributed by atoms with Crippen molar-refractivity contribution in [1.82, 2.24) is 53.9 Å². The second-order valence-electron chi connectivity index (χ2n) is 34.1. The summed E-state index contributed by atoms with van der Waals surface area (Å²) >= 11 is 0. The minimum Gasteiger partial charge on any atom is -0.496 e. The van der Waals surface area contributed by atoms with E-state index in [0.29, 0.717) is 132 Å². The number of carbonyl (C=O) groups excluding carboxylic acids is 7. The Kier molecular flexibility index (Phi) is 23.0. The lowest BCUT2D eigenvalue weighted by Gasteiger charge is -2.39. The van der Waals surface area contributed by atoms with Crippen molar-refractivity contribution < 1.29 is 81.7 Å². The van der Waals surface area contributed by atoms with Crippen LogP contribution in [0.3, 0.4) is 0 Å². The molecular weight excluding hydrogens is 1580 g/mol. The van der Waals surface area contributed by atoms with Gasteiger partial charge < -0.3 is 87.1 Å². The van der Waals surface area contributed by atoms with Crippen molar-refractivity contribution in [1.29, 1.82) is 0 Å². The average Bonchev–Trinajstić information content (AvgIpc) is 1.59. The number of hydrogen-bond donors (Lipinski definition) is 3. The molecule has 4 saturated heterocycles. The van der Waals surface area contributed by atoms with Crippen LogP contribution in [0.5, 0.6) is 17.2 Å². The number of benzene rings is 3. The molecule has 3 N–H and O–H groups in total. The first kappa shape index (κ1) is 84.0. The molecule has 14 heterocycles. The zero-order chi connectivity index (χ0) is 86.2. The number of methoxy groups -OCH3 is 2. The number of aliphatic hydroxyl groups is 2. The van der Waals surface area contributed by atoms with E-state index in [9.17, 15) is 53.4 Å². The van der Waals surface area contributed by atoms with Gasteiger partial charge in [0.15, 0.2) is 17.0 Å². The molecule has 30 heteroatoms. The van der Waals surface area contributed by atoms with E-state index in [2.05, 4.69) is 33.0 Å². The number of fused-ring (bicyclic) bond motifs is 14. The molecule has 5 aromatic heterocycles. The lowest BCUT2D eigenvalue weighted by Crippen LogP contribution is -2.52. The van der Waals surface area contributed by atoms with Crippen LogP contribution in [0.15, 0.2) is 93.5 Å². The maximum absolute atomic E-state index is 14.0. The fourth-order valence-corrected chi connectivity index (χ4v) is 20.3. The normalized spacial score (nSPS) is 22.2. The molecule has 8 aromatic rings. The number of Topliss-reactive ketones (excluding diaryl/α,β-unsaturated/α-hetero) is 1. The van der Waals surface area contributed by atoms with Gasteiger partial charge in [-0.05, 0) is 219 Å². The molecular formula is C93H105N11O19. The van der Waals surface area contributed by atoms with Gasteiger partial charge in [-0.25, -0.2) is 43.7 Å². The van der Waals surface area contributed by atoms with Crippen LogP contribution >= 0.6 is 0 Å². The molecule has 9 aliphatic heterocycles. The van der Waals surface area contributed by atoms with Gasteiger partial charge in [-0.2, -0.15) is 0 Å². The Bertz CT molecular complexity index is 5890. The number of nitrogens with zero attached hydrogens (tertiary/aromatic N) is 10. The number of aromatic nitrogens is 5. The summed E-state index contributed by atoms with van der Waals surface area (Å²) in [5.41, 5.74) is 7.56. The van der Waals surface area contributed by atoms with Gasteiger partial charge in [0.25, 0.3) is 11.1 Å². The van der Waals surface area contributed by atoms with Gasteiger partial charge in [-0.15, -0.1) is 0 Å². The number of cyclic esters (lactones) is 3. The van der Waals surface area contributed by atoms with E-state index in [4.69, 9.17) is 52.8 Å². The summed E-state index contributed by atoms with van der Waals surface area (Å²) in [6.07, 6.45) is 13.3. The van der Waals surface area contributed by atoms with Crippen LogP contribution in [0.1, 0.15) is 172 Å².